The van der Waals surface area contributed by atoms with E-state index in [2.05, 4.69) is 23.8 Å². The van der Waals surface area contributed by atoms with Crippen molar-refractivity contribution in [2.75, 3.05) is 5.73 Å². The molecule has 0 unspecified atom stereocenters. The average Bonchev–Trinajstić information content (AvgIpc) is 2.80. The lowest BCUT2D eigenvalue weighted by Gasteiger charge is -2.17. The largest absolute Gasteiger partial charge is 0.459 e. The number of hydrogen-bond acceptors (Lipinski definition) is 7. The summed E-state index contributed by atoms with van der Waals surface area (Å²) in [6.45, 7) is 6.10. The van der Waals surface area contributed by atoms with Crippen molar-refractivity contribution in [2.45, 2.75) is 20.8 Å². The van der Waals surface area contributed by atoms with E-state index in [0.717, 1.165) is 22.6 Å². The van der Waals surface area contributed by atoms with Gasteiger partial charge in [0.25, 0.3) is 0 Å². The van der Waals surface area contributed by atoms with Gasteiger partial charge >= 0.3 is 11.7 Å². The Kier molecular flexibility index (Phi) is 5.02. The van der Waals surface area contributed by atoms with Gasteiger partial charge in [-0.1, -0.05) is 23.2 Å². The van der Waals surface area contributed by atoms with Crippen molar-refractivity contribution >= 4 is 11.7 Å². The van der Waals surface area contributed by atoms with Crippen LogP contribution in [0.2, 0.25) is 0 Å². The first-order chi connectivity index (χ1) is 11.1. The van der Waals surface area contributed by atoms with Crippen LogP contribution < -0.4 is 28.9 Å². The molecule has 3 aromatic rings. The summed E-state index contributed by atoms with van der Waals surface area (Å²) in [5, 5.41) is 0. The van der Waals surface area contributed by atoms with Gasteiger partial charge in [-0.3, -0.25) is 0 Å². The maximum atomic E-state index is 8.49. The number of benzene rings is 1. The fourth-order valence-corrected chi connectivity index (χ4v) is 2.23. The molecule has 0 amide bonds. The highest BCUT2D eigenvalue weighted by molar-refractivity contribution is 5.40. The summed E-state index contributed by atoms with van der Waals surface area (Å²) in [6.07, 6.45) is 0. The third kappa shape index (κ3) is 3.96. The Balaban J connectivity index is 0.000000368. The maximum Gasteiger partial charge on any atom is 0.459 e. The highest BCUT2D eigenvalue weighted by atomic mass is 35.7. The molecule has 3 rings (SSSR count). The highest BCUT2D eigenvalue weighted by Gasteiger charge is 2.23. The minimum atomic E-state index is -4.94. The number of para-hydroxylation sites is 1. The topological polar surface area (TPSA) is 153 Å². The zero-order valence-corrected chi connectivity index (χ0v) is 14.0. The number of nitrogens with two attached hydrogens (primary N) is 1. The van der Waals surface area contributed by atoms with Crippen molar-refractivity contribution in [2.24, 2.45) is 0 Å². The number of hydrogen-bond donors (Lipinski definition) is 1. The van der Waals surface area contributed by atoms with Crippen LogP contribution in [0.15, 0.2) is 30.3 Å². The molecule has 2 heterocycles. The van der Waals surface area contributed by atoms with E-state index >= 15 is 0 Å². The van der Waals surface area contributed by atoms with Crippen LogP contribution in [0.5, 0.6) is 0 Å². The summed E-state index contributed by atoms with van der Waals surface area (Å²) in [5.74, 6) is 1.06. The minimum absolute atomic E-state index is 0.437. The second-order valence-electron chi connectivity index (χ2n) is 5.01. The van der Waals surface area contributed by atoms with E-state index in [9.17, 15) is 0 Å². The van der Waals surface area contributed by atoms with Crippen LogP contribution in [0, 0.1) is 31.0 Å². The van der Waals surface area contributed by atoms with Crippen LogP contribution in [0.25, 0.3) is 11.5 Å². The number of rotatable bonds is 1. The molecule has 0 spiro atoms. The van der Waals surface area contributed by atoms with E-state index in [1.54, 1.807) is 0 Å². The maximum absolute atomic E-state index is 8.49. The summed E-state index contributed by atoms with van der Waals surface area (Å²) < 4.78 is 37.8. The van der Waals surface area contributed by atoms with Gasteiger partial charge in [0.2, 0.25) is 0 Å². The molecular formula is C14H16ClN5O4. The second kappa shape index (κ2) is 6.67. The van der Waals surface area contributed by atoms with Crippen molar-refractivity contribution in [3.63, 3.8) is 0 Å². The summed E-state index contributed by atoms with van der Waals surface area (Å²) in [6, 6.07) is 9.93. The summed E-state index contributed by atoms with van der Waals surface area (Å²) in [4.78, 5) is 8.84. The van der Waals surface area contributed by atoms with Crippen LogP contribution in [0.4, 0.5) is 5.95 Å². The van der Waals surface area contributed by atoms with Gasteiger partial charge in [0.1, 0.15) is 11.4 Å². The van der Waals surface area contributed by atoms with E-state index < -0.39 is 10.2 Å². The monoisotopic (exact) mass is 353 g/mol. The first-order valence-electron chi connectivity index (χ1n) is 6.81. The van der Waals surface area contributed by atoms with E-state index in [0.29, 0.717) is 11.7 Å². The molecule has 0 aliphatic heterocycles. The van der Waals surface area contributed by atoms with Crippen LogP contribution in [-0.4, -0.2) is 14.6 Å². The van der Waals surface area contributed by atoms with Gasteiger partial charge in [0.15, 0.2) is 0 Å². The molecule has 0 fully saturated rings. The third-order valence-electron chi connectivity index (χ3n) is 3.49. The molecule has 0 atom stereocenters. The first-order valence-corrected chi connectivity index (χ1v) is 8.04. The van der Waals surface area contributed by atoms with Gasteiger partial charge in [-0.05, 0) is 37.9 Å². The Labute approximate surface area is 140 Å². The lowest BCUT2D eigenvalue weighted by atomic mass is 10.2. The number of halogens is 1. The number of fused-ring (bicyclic) bond motifs is 1. The number of anilines is 1. The Morgan fingerprint density at radius 3 is 2.08 bits per heavy atom. The summed E-state index contributed by atoms with van der Waals surface area (Å²) in [7, 11) is -4.94. The van der Waals surface area contributed by atoms with E-state index in [1.807, 2.05) is 46.5 Å². The fraction of sp³-hybridized carbons (Fsp3) is 0.214. The Bertz CT molecular complexity index is 855. The normalized spacial score (nSPS) is 11.3. The van der Waals surface area contributed by atoms with Crippen LogP contribution in [0.3, 0.4) is 0 Å². The quantitative estimate of drug-likeness (QED) is 0.451. The molecule has 1 aromatic carbocycles. The number of aryl methyl sites for hydroxylation is 2. The minimum Gasteiger partial charge on any atom is -0.353 e. The van der Waals surface area contributed by atoms with Gasteiger partial charge in [-0.25, -0.2) is 18.6 Å². The predicted octanol–water partition coefficient (Wildman–Crippen LogP) is -3.24. The van der Waals surface area contributed by atoms with Crippen molar-refractivity contribution in [1.29, 1.82) is 0 Å². The molecule has 128 valence electrons. The Hall–Kier alpha value is -2.30. The zero-order chi connectivity index (χ0) is 18.1. The van der Waals surface area contributed by atoms with Crippen LogP contribution in [-0.2, 0) is 0 Å². The molecule has 0 aliphatic carbocycles. The van der Waals surface area contributed by atoms with Gasteiger partial charge in [-0.2, -0.15) is 4.68 Å². The van der Waals surface area contributed by atoms with E-state index in [1.165, 1.54) is 0 Å². The zero-order valence-electron chi connectivity index (χ0n) is 13.3. The van der Waals surface area contributed by atoms with Crippen LogP contribution >= 0.6 is 0 Å². The van der Waals surface area contributed by atoms with Crippen molar-refractivity contribution < 1.29 is 33.4 Å². The Morgan fingerprint density at radius 1 is 1.00 bits per heavy atom. The van der Waals surface area contributed by atoms with Gasteiger partial charge in [0, 0.05) is 5.56 Å². The molecule has 24 heavy (non-hydrogen) atoms. The van der Waals surface area contributed by atoms with E-state index in [4.69, 9.17) is 24.4 Å². The molecule has 10 heteroatoms. The second-order valence-corrected chi connectivity index (χ2v) is 5.77. The smallest absolute Gasteiger partial charge is 0.353 e. The SMILES string of the molecule is Cc1nc2nc(N)n(-c3ccccc3)[n+]2c(C)c1C.[O-][Cl+3]([O-])([O-])[O-]. The van der Waals surface area contributed by atoms with Crippen LogP contribution in [0.1, 0.15) is 17.0 Å². The van der Waals surface area contributed by atoms with Gasteiger partial charge < -0.3 is 5.73 Å². The molecule has 0 saturated heterocycles. The van der Waals surface area contributed by atoms with E-state index in [-0.39, 0.29) is 0 Å². The van der Waals surface area contributed by atoms with Gasteiger partial charge in [0.05, 0.1) is 5.69 Å². The fourth-order valence-electron chi connectivity index (χ4n) is 2.23. The average molecular weight is 354 g/mol. The number of nitrogen functional groups attached to an aromatic ring is 1. The van der Waals surface area contributed by atoms with Gasteiger partial charge in [-0.15, -0.1) is 14.8 Å². The van der Waals surface area contributed by atoms with Crippen molar-refractivity contribution in [3.05, 3.63) is 47.3 Å². The van der Waals surface area contributed by atoms with Crippen molar-refractivity contribution in [1.82, 2.24) is 14.6 Å². The molecule has 0 bridgehead atoms. The number of nitrogens with zero attached hydrogens (tertiary/aromatic N) is 4. The molecule has 0 saturated carbocycles. The molecule has 0 aliphatic rings. The molecule has 2 N–H and O–H groups in total. The lowest BCUT2D eigenvalue weighted by Crippen LogP contribution is -2.68. The van der Waals surface area contributed by atoms with Crippen molar-refractivity contribution in [3.8, 4) is 5.69 Å². The predicted molar refractivity (Wildman–Crippen MR) is 73.1 cm³/mol. The summed E-state index contributed by atoms with van der Waals surface area (Å²) >= 11 is 0. The third-order valence-corrected chi connectivity index (χ3v) is 3.49. The lowest BCUT2D eigenvalue weighted by molar-refractivity contribution is -2.00. The first kappa shape index (κ1) is 18.0. The molecule has 2 aromatic heterocycles. The molecular weight excluding hydrogens is 338 g/mol. The Morgan fingerprint density at radius 2 is 1.54 bits per heavy atom. The molecule has 0 radical (unpaired) electrons. The molecule has 9 nitrogen and oxygen atoms in total. The summed E-state index contributed by atoms with van der Waals surface area (Å²) in [5.41, 5.74) is 10.2. The standard InChI is InChI=1S/C14H15N5.ClHO4/c1-9-10(2)16-14-17-13(15)19(18(14)11(9)3)12-7-5-4-6-8-12;2-1(3,4)5/h4-8,15H,1-3H3;(H,2,3,4,5). The number of aromatic nitrogens is 4. The highest BCUT2D eigenvalue weighted by Crippen LogP contribution is 2.13.